The number of nitrogens with zero attached hydrogens (tertiary/aromatic N) is 1. The smallest absolute Gasteiger partial charge is 0.251 e. The summed E-state index contributed by atoms with van der Waals surface area (Å²) in [6.45, 7) is 3.30. The predicted molar refractivity (Wildman–Crippen MR) is 78.5 cm³/mol. The van der Waals surface area contributed by atoms with E-state index in [0.717, 1.165) is 34.9 Å². The molecule has 1 aromatic heterocycles. The zero-order valence-corrected chi connectivity index (χ0v) is 12.1. The second-order valence-electron chi connectivity index (χ2n) is 4.78. The zero-order valence-electron chi connectivity index (χ0n) is 11.3. The van der Waals surface area contributed by atoms with Crippen LogP contribution in [0.4, 0.5) is 0 Å². The number of amides is 1. The number of carbonyl (C=O) groups excluding carboxylic acids is 1. The Morgan fingerprint density at radius 3 is 3.20 bits per heavy atom. The summed E-state index contributed by atoms with van der Waals surface area (Å²) in [6.07, 6.45) is 1.65. The van der Waals surface area contributed by atoms with E-state index in [1.807, 2.05) is 30.5 Å². The molecule has 0 saturated heterocycles. The van der Waals surface area contributed by atoms with Crippen LogP contribution in [0, 0.1) is 6.92 Å². The van der Waals surface area contributed by atoms with Crippen molar-refractivity contribution in [1.29, 1.82) is 0 Å². The monoisotopic (exact) mass is 288 g/mol. The van der Waals surface area contributed by atoms with Gasteiger partial charge in [-0.05, 0) is 30.7 Å². The van der Waals surface area contributed by atoms with Gasteiger partial charge in [0.2, 0.25) is 0 Å². The molecule has 0 fully saturated rings. The Morgan fingerprint density at radius 2 is 2.40 bits per heavy atom. The van der Waals surface area contributed by atoms with Gasteiger partial charge in [0.05, 0.1) is 17.3 Å². The number of nitrogens with one attached hydrogen (secondary N) is 1. The molecule has 0 radical (unpaired) electrons. The molecule has 0 spiro atoms. The lowest BCUT2D eigenvalue weighted by atomic mass is 10.1. The molecule has 0 atom stereocenters. The van der Waals surface area contributed by atoms with Crippen molar-refractivity contribution in [1.82, 2.24) is 10.3 Å². The van der Waals surface area contributed by atoms with Gasteiger partial charge in [0.1, 0.15) is 5.75 Å². The maximum absolute atomic E-state index is 12.1. The molecule has 104 valence electrons. The minimum Gasteiger partial charge on any atom is -0.493 e. The Balaban J connectivity index is 1.56. The maximum Gasteiger partial charge on any atom is 0.251 e. The number of ether oxygens (including phenoxy) is 1. The molecule has 1 aromatic carbocycles. The van der Waals surface area contributed by atoms with Gasteiger partial charge >= 0.3 is 0 Å². The molecule has 3 rings (SSSR count). The average molecular weight is 288 g/mol. The van der Waals surface area contributed by atoms with E-state index in [0.29, 0.717) is 18.7 Å². The van der Waals surface area contributed by atoms with Gasteiger partial charge in [-0.15, -0.1) is 11.3 Å². The molecule has 1 aliphatic rings. The van der Waals surface area contributed by atoms with Crippen molar-refractivity contribution in [2.45, 2.75) is 19.8 Å². The fourth-order valence-corrected chi connectivity index (χ4v) is 2.90. The third-order valence-electron chi connectivity index (χ3n) is 3.28. The molecule has 1 amide bonds. The SMILES string of the molecule is Cc1nc(CCNC(=O)c2ccc3c(c2)CCO3)cs1. The molecule has 0 unspecified atom stereocenters. The Labute approximate surface area is 121 Å². The Bertz CT molecular complexity index is 637. The van der Waals surface area contributed by atoms with E-state index in [4.69, 9.17) is 4.74 Å². The van der Waals surface area contributed by atoms with Crippen LogP contribution in [0.15, 0.2) is 23.6 Å². The van der Waals surface area contributed by atoms with Crippen LogP contribution >= 0.6 is 11.3 Å². The summed E-state index contributed by atoms with van der Waals surface area (Å²) in [5.74, 6) is 0.867. The van der Waals surface area contributed by atoms with E-state index in [1.54, 1.807) is 11.3 Å². The molecule has 5 heteroatoms. The number of carbonyl (C=O) groups is 1. The first kappa shape index (κ1) is 13.1. The van der Waals surface area contributed by atoms with E-state index < -0.39 is 0 Å². The van der Waals surface area contributed by atoms with Crippen LogP contribution in [-0.2, 0) is 12.8 Å². The molecular formula is C15H16N2O2S. The first-order valence-corrected chi connectivity index (χ1v) is 7.55. The molecule has 20 heavy (non-hydrogen) atoms. The summed E-state index contributed by atoms with van der Waals surface area (Å²) in [5.41, 5.74) is 2.85. The zero-order chi connectivity index (χ0) is 13.9. The van der Waals surface area contributed by atoms with E-state index in [2.05, 4.69) is 10.3 Å². The van der Waals surface area contributed by atoms with Crippen LogP contribution in [0.2, 0.25) is 0 Å². The lowest BCUT2D eigenvalue weighted by Gasteiger charge is -2.05. The van der Waals surface area contributed by atoms with Crippen molar-refractivity contribution in [3.8, 4) is 5.75 Å². The van der Waals surface area contributed by atoms with Crippen molar-refractivity contribution >= 4 is 17.2 Å². The number of rotatable bonds is 4. The van der Waals surface area contributed by atoms with Crippen molar-refractivity contribution in [3.63, 3.8) is 0 Å². The van der Waals surface area contributed by atoms with Crippen LogP contribution in [0.25, 0.3) is 0 Å². The van der Waals surface area contributed by atoms with Gasteiger partial charge in [0.15, 0.2) is 0 Å². The Hall–Kier alpha value is -1.88. The van der Waals surface area contributed by atoms with Gasteiger partial charge in [0.25, 0.3) is 5.91 Å². The molecule has 1 aliphatic heterocycles. The highest BCUT2D eigenvalue weighted by Gasteiger charge is 2.14. The summed E-state index contributed by atoms with van der Waals surface area (Å²) < 4.78 is 5.44. The highest BCUT2D eigenvalue weighted by Crippen LogP contribution is 2.25. The van der Waals surface area contributed by atoms with Crippen molar-refractivity contribution in [2.24, 2.45) is 0 Å². The number of thiazole rings is 1. The molecular weight excluding hydrogens is 272 g/mol. The second kappa shape index (κ2) is 5.63. The van der Waals surface area contributed by atoms with Gasteiger partial charge < -0.3 is 10.1 Å². The van der Waals surface area contributed by atoms with E-state index in [1.165, 1.54) is 0 Å². The number of benzene rings is 1. The second-order valence-corrected chi connectivity index (χ2v) is 5.85. The molecule has 2 heterocycles. The van der Waals surface area contributed by atoms with Gasteiger partial charge in [-0.1, -0.05) is 0 Å². The predicted octanol–water partition coefficient (Wildman–Crippen LogP) is 2.36. The number of aryl methyl sites for hydroxylation is 1. The van der Waals surface area contributed by atoms with Crippen LogP contribution < -0.4 is 10.1 Å². The molecule has 0 aliphatic carbocycles. The fourth-order valence-electron chi connectivity index (χ4n) is 2.26. The topological polar surface area (TPSA) is 51.2 Å². The summed E-state index contributed by atoms with van der Waals surface area (Å²) in [4.78, 5) is 16.4. The van der Waals surface area contributed by atoms with E-state index in [-0.39, 0.29) is 5.91 Å². The van der Waals surface area contributed by atoms with Crippen LogP contribution in [0.5, 0.6) is 5.75 Å². The highest BCUT2D eigenvalue weighted by molar-refractivity contribution is 7.09. The minimum atomic E-state index is -0.0355. The average Bonchev–Trinajstić information content (AvgIpc) is 3.06. The number of aromatic nitrogens is 1. The van der Waals surface area contributed by atoms with Crippen LogP contribution in [0.1, 0.15) is 26.6 Å². The summed E-state index contributed by atoms with van der Waals surface area (Å²) in [7, 11) is 0. The van der Waals surface area contributed by atoms with Gasteiger partial charge in [-0.25, -0.2) is 4.98 Å². The van der Waals surface area contributed by atoms with Crippen molar-refractivity contribution in [2.75, 3.05) is 13.2 Å². The van der Waals surface area contributed by atoms with Crippen molar-refractivity contribution < 1.29 is 9.53 Å². The molecule has 2 aromatic rings. The standard InChI is InChI=1S/C15H16N2O2S/c1-10-17-13(9-20-10)4-6-16-15(18)12-2-3-14-11(8-12)5-7-19-14/h2-3,8-9H,4-7H2,1H3,(H,16,18). The van der Waals surface area contributed by atoms with E-state index >= 15 is 0 Å². The van der Waals surface area contributed by atoms with Gasteiger partial charge in [-0.3, -0.25) is 4.79 Å². The summed E-state index contributed by atoms with van der Waals surface area (Å²) in [6, 6.07) is 5.61. The fraction of sp³-hybridized carbons (Fsp3) is 0.333. The summed E-state index contributed by atoms with van der Waals surface area (Å²) in [5, 5.41) is 6.03. The Morgan fingerprint density at radius 1 is 1.50 bits per heavy atom. The first-order valence-electron chi connectivity index (χ1n) is 6.67. The lowest BCUT2D eigenvalue weighted by molar-refractivity contribution is 0.0954. The normalized spacial score (nSPS) is 12.8. The van der Waals surface area contributed by atoms with E-state index in [9.17, 15) is 4.79 Å². The van der Waals surface area contributed by atoms with Crippen molar-refractivity contribution in [3.05, 3.63) is 45.4 Å². The first-order chi connectivity index (χ1) is 9.72. The van der Waals surface area contributed by atoms with Crippen LogP contribution in [0.3, 0.4) is 0 Å². The van der Waals surface area contributed by atoms with Gasteiger partial charge in [-0.2, -0.15) is 0 Å². The van der Waals surface area contributed by atoms with Gasteiger partial charge in [0, 0.05) is 30.3 Å². The molecule has 1 N–H and O–H groups in total. The maximum atomic E-state index is 12.1. The number of hydrogen-bond donors (Lipinski definition) is 1. The summed E-state index contributed by atoms with van der Waals surface area (Å²) >= 11 is 1.64. The highest BCUT2D eigenvalue weighted by atomic mass is 32.1. The number of hydrogen-bond acceptors (Lipinski definition) is 4. The Kier molecular flexibility index (Phi) is 3.69. The molecule has 0 saturated carbocycles. The largest absolute Gasteiger partial charge is 0.493 e. The van der Waals surface area contributed by atoms with Crippen LogP contribution in [-0.4, -0.2) is 24.0 Å². The molecule has 4 nitrogen and oxygen atoms in total. The third-order valence-corrected chi connectivity index (χ3v) is 4.11. The molecule has 0 bridgehead atoms. The quantitative estimate of drug-likeness (QED) is 0.939. The minimum absolute atomic E-state index is 0.0355. The third kappa shape index (κ3) is 2.82. The number of fused-ring (bicyclic) bond motifs is 1. The lowest BCUT2D eigenvalue weighted by Crippen LogP contribution is -2.25.